The molecule has 2 aromatic heterocycles. The molecule has 5 heteroatoms. The second kappa shape index (κ2) is 5.73. The Kier molecular flexibility index (Phi) is 3.80. The van der Waals surface area contributed by atoms with Gasteiger partial charge in [-0.05, 0) is 25.5 Å². The van der Waals surface area contributed by atoms with E-state index in [1.54, 1.807) is 0 Å². The average molecular weight is 272 g/mol. The van der Waals surface area contributed by atoms with Crippen LogP contribution in [0.5, 0.6) is 0 Å². The van der Waals surface area contributed by atoms with Crippen molar-refractivity contribution < 1.29 is 4.74 Å². The summed E-state index contributed by atoms with van der Waals surface area (Å²) >= 11 is 0. The molecule has 0 amide bonds. The van der Waals surface area contributed by atoms with Gasteiger partial charge in [-0.25, -0.2) is 4.98 Å². The van der Waals surface area contributed by atoms with Crippen LogP contribution in [0.2, 0.25) is 0 Å². The third-order valence-electron chi connectivity index (χ3n) is 4.04. The Labute approximate surface area is 118 Å². The van der Waals surface area contributed by atoms with Crippen molar-refractivity contribution in [2.45, 2.75) is 25.4 Å². The highest BCUT2D eigenvalue weighted by molar-refractivity contribution is 5.15. The van der Waals surface area contributed by atoms with Gasteiger partial charge in [0.2, 0.25) is 0 Å². The summed E-state index contributed by atoms with van der Waals surface area (Å²) in [7, 11) is 0. The monoisotopic (exact) mass is 272 g/mol. The van der Waals surface area contributed by atoms with E-state index in [-0.39, 0.29) is 12.1 Å². The van der Waals surface area contributed by atoms with E-state index in [1.165, 1.54) is 0 Å². The maximum atomic E-state index is 6.40. The lowest BCUT2D eigenvalue weighted by molar-refractivity contribution is 0.180. The van der Waals surface area contributed by atoms with Crippen LogP contribution in [0.3, 0.4) is 0 Å². The van der Waals surface area contributed by atoms with Crippen molar-refractivity contribution in [2.75, 3.05) is 13.2 Å². The van der Waals surface area contributed by atoms with Gasteiger partial charge in [0.1, 0.15) is 0 Å². The molecule has 0 aromatic carbocycles. The molecule has 2 N–H and O–H groups in total. The predicted octanol–water partition coefficient (Wildman–Crippen LogP) is 1.92. The number of hydrogen-bond acceptors (Lipinski definition) is 4. The number of nitrogens with two attached hydrogens (primary N) is 1. The number of imidazole rings is 1. The van der Waals surface area contributed by atoms with Gasteiger partial charge in [0.25, 0.3) is 0 Å². The number of pyridine rings is 1. The maximum absolute atomic E-state index is 6.40. The molecular weight excluding hydrogens is 252 g/mol. The van der Waals surface area contributed by atoms with Gasteiger partial charge < -0.3 is 15.0 Å². The molecule has 0 bridgehead atoms. The molecule has 106 valence electrons. The zero-order chi connectivity index (χ0) is 13.9. The number of nitrogens with zero attached hydrogens (tertiary/aromatic N) is 3. The molecular formula is C15H20N4O. The molecule has 1 fully saturated rings. The van der Waals surface area contributed by atoms with Crippen LogP contribution in [0.15, 0.2) is 36.9 Å². The molecule has 5 nitrogen and oxygen atoms in total. The molecule has 0 spiro atoms. The largest absolute Gasteiger partial charge is 0.381 e. The third-order valence-corrected chi connectivity index (χ3v) is 4.04. The molecule has 20 heavy (non-hydrogen) atoms. The molecule has 0 aliphatic carbocycles. The smallest absolute Gasteiger partial charge is 0.0954 e. The van der Waals surface area contributed by atoms with Crippen LogP contribution < -0.4 is 5.73 Å². The molecule has 3 heterocycles. The fourth-order valence-corrected chi connectivity index (χ4v) is 2.74. The second-order valence-corrected chi connectivity index (χ2v) is 5.31. The first kappa shape index (κ1) is 13.3. The van der Waals surface area contributed by atoms with Crippen LogP contribution in [0.25, 0.3) is 0 Å². The van der Waals surface area contributed by atoms with E-state index in [2.05, 4.69) is 21.5 Å². The molecule has 1 saturated heterocycles. The van der Waals surface area contributed by atoms with E-state index in [4.69, 9.17) is 10.5 Å². The van der Waals surface area contributed by atoms with Gasteiger partial charge in [0, 0.05) is 24.9 Å². The molecule has 3 rings (SSSR count). The normalized spacial score (nSPS) is 21.8. The lowest BCUT2D eigenvalue weighted by atomic mass is 9.97. The lowest BCUT2D eigenvalue weighted by Crippen LogP contribution is -2.25. The van der Waals surface area contributed by atoms with E-state index >= 15 is 0 Å². The van der Waals surface area contributed by atoms with Crippen molar-refractivity contribution in [2.24, 2.45) is 11.7 Å². The molecule has 0 radical (unpaired) electrons. The Morgan fingerprint density at radius 2 is 2.35 bits per heavy atom. The van der Waals surface area contributed by atoms with Crippen molar-refractivity contribution in [3.63, 3.8) is 0 Å². The average Bonchev–Trinajstić information content (AvgIpc) is 3.18. The van der Waals surface area contributed by atoms with Crippen LogP contribution in [0, 0.1) is 5.92 Å². The molecule has 3 unspecified atom stereocenters. The lowest BCUT2D eigenvalue weighted by Gasteiger charge is -2.22. The number of rotatable bonds is 4. The highest BCUT2D eigenvalue weighted by Gasteiger charge is 2.27. The van der Waals surface area contributed by atoms with Crippen molar-refractivity contribution in [3.8, 4) is 0 Å². The van der Waals surface area contributed by atoms with Gasteiger partial charge in [-0.15, -0.1) is 0 Å². The van der Waals surface area contributed by atoms with E-state index in [0.29, 0.717) is 5.92 Å². The van der Waals surface area contributed by atoms with Gasteiger partial charge in [0.05, 0.1) is 36.4 Å². The predicted molar refractivity (Wildman–Crippen MR) is 76.1 cm³/mol. The van der Waals surface area contributed by atoms with Gasteiger partial charge >= 0.3 is 0 Å². The van der Waals surface area contributed by atoms with Gasteiger partial charge in [-0.1, -0.05) is 6.07 Å². The van der Waals surface area contributed by atoms with Crippen LogP contribution in [0.4, 0.5) is 0 Å². The van der Waals surface area contributed by atoms with E-state index < -0.39 is 0 Å². The van der Waals surface area contributed by atoms with Crippen molar-refractivity contribution in [1.29, 1.82) is 0 Å². The number of ether oxygens (including phenoxy) is 1. The number of aromatic nitrogens is 3. The Balaban J connectivity index is 1.86. The first-order valence-corrected chi connectivity index (χ1v) is 7.03. The van der Waals surface area contributed by atoms with Gasteiger partial charge in [0.15, 0.2) is 0 Å². The Hall–Kier alpha value is -1.72. The standard InChI is InChI=1S/C15H20N4O/c1-11(13-4-2-3-6-18-13)19-10-17-8-14(19)15(16)12-5-7-20-9-12/h2-4,6,8,10-12,15H,5,7,9,16H2,1H3. The van der Waals surface area contributed by atoms with Crippen LogP contribution in [-0.4, -0.2) is 27.7 Å². The van der Waals surface area contributed by atoms with Crippen LogP contribution in [-0.2, 0) is 4.74 Å². The minimum atomic E-state index is -0.0360. The Morgan fingerprint density at radius 1 is 1.45 bits per heavy atom. The van der Waals surface area contributed by atoms with Crippen LogP contribution >= 0.6 is 0 Å². The van der Waals surface area contributed by atoms with Crippen molar-refractivity contribution >= 4 is 0 Å². The topological polar surface area (TPSA) is 66.0 Å². The van der Waals surface area contributed by atoms with E-state index in [1.807, 2.05) is 36.9 Å². The summed E-state index contributed by atoms with van der Waals surface area (Å²) in [6, 6.07) is 6.04. The zero-order valence-electron chi connectivity index (χ0n) is 11.6. The highest BCUT2D eigenvalue weighted by Crippen LogP contribution is 2.29. The summed E-state index contributed by atoms with van der Waals surface area (Å²) in [4.78, 5) is 8.69. The third kappa shape index (κ3) is 2.46. The first-order valence-electron chi connectivity index (χ1n) is 7.03. The first-order chi connectivity index (χ1) is 9.77. The summed E-state index contributed by atoms with van der Waals surface area (Å²) in [5, 5.41) is 0. The molecule has 0 saturated carbocycles. The fraction of sp³-hybridized carbons (Fsp3) is 0.467. The quantitative estimate of drug-likeness (QED) is 0.923. The summed E-state index contributed by atoms with van der Waals surface area (Å²) in [5.74, 6) is 0.376. The van der Waals surface area contributed by atoms with Gasteiger partial charge in [-0.2, -0.15) is 0 Å². The Bertz CT molecular complexity index is 548. The zero-order valence-corrected chi connectivity index (χ0v) is 11.6. The minimum absolute atomic E-state index is 0.0360. The van der Waals surface area contributed by atoms with E-state index in [0.717, 1.165) is 31.0 Å². The number of hydrogen-bond donors (Lipinski definition) is 1. The van der Waals surface area contributed by atoms with Crippen molar-refractivity contribution in [3.05, 3.63) is 48.3 Å². The van der Waals surface area contributed by atoms with Crippen molar-refractivity contribution in [1.82, 2.24) is 14.5 Å². The molecule has 2 aromatic rings. The van der Waals surface area contributed by atoms with Gasteiger partial charge in [-0.3, -0.25) is 4.98 Å². The van der Waals surface area contributed by atoms with E-state index in [9.17, 15) is 0 Å². The Morgan fingerprint density at radius 3 is 3.05 bits per heavy atom. The maximum Gasteiger partial charge on any atom is 0.0954 e. The summed E-state index contributed by atoms with van der Waals surface area (Å²) in [6.45, 7) is 3.66. The highest BCUT2D eigenvalue weighted by atomic mass is 16.5. The minimum Gasteiger partial charge on any atom is -0.381 e. The second-order valence-electron chi connectivity index (χ2n) is 5.31. The van der Waals surface area contributed by atoms with Crippen LogP contribution in [0.1, 0.15) is 36.8 Å². The fourth-order valence-electron chi connectivity index (χ4n) is 2.74. The summed E-state index contributed by atoms with van der Waals surface area (Å²) < 4.78 is 7.56. The SMILES string of the molecule is CC(c1ccccn1)n1cncc1C(N)C1CCOC1. The molecule has 3 atom stereocenters. The molecule has 1 aliphatic heterocycles. The summed E-state index contributed by atoms with van der Waals surface area (Å²) in [6.07, 6.45) is 6.53. The molecule has 1 aliphatic rings. The summed E-state index contributed by atoms with van der Waals surface area (Å²) in [5.41, 5.74) is 8.47.